The van der Waals surface area contributed by atoms with Gasteiger partial charge in [0, 0.05) is 22.6 Å². The van der Waals surface area contributed by atoms with Crippen LogP contribution in [0.15, 0.2) is 46.9 Å². The first-order valence-electron chi connectivity index (χ1n) is 6.02. The zero-order chi connectivity index (χ0) is 13.8. The molecular weight excluding hydrogens is 309 g/mol. The SMILES string of the molecule is CC(NCc1cc(Br)ccc1F)c1cccc(O)c1. The van der Waals surface area contributed by atoms with Crippen LogP contribution >= 0.6 is 15.9 Å². The molecular formula is C15H15BrFNO. The van der Waals surface area contributed by atoms with E-state index in [0.717, 1.165) is 10.0 Å². The monoisotopic (exact) mass is 323 g/mol. The van der Waals surface area contributed by atoms with Crippen molar-refractivity contribution in [2.45, 2.75) is 19.5 Å². The van der Waals surface area contributed by atoms with Crippen molar-refractivity contribution in [2.24, 2.45) is 0 Å². The number of aromatic hydroxyl groups is 1. The van der Waals surface area contributed by atoms with Crippen LogP contribution in [0, 0.1) is 5.82 Å². The molecule has 2 nitrogen and oxygen atoms in total. The number of benzene rings is 2. The molecule has 0 saturated heterocycles. The molecule has 0 aliphatic heterocycles. The molecule has 1 unspecified atom stereocenters. The standard InChI is InChI=1S/C15H15BrFNO/c1-10(11-3-2-4-14(19)8-11)18-9-12-7-13(16)5-6-15(12)17/h2-8,10,18-19H,9H2,1H3. The highest BCUT2D eigenvalue weighted by Crippen LogP contribution is 2.20. The van der Waals surface area contributed by atoms with Gasteiger partial charge in [-0.2, -0.15) is 0 Å². The summed E-state index contributed by atoms with van der Waals surface area (Å²) in [5, 5.41) is 12.7. The van der Waals surface area contributed by atoms with Crippen LogP contribution in [-0.2, 0) is 6.54 Å². The molecule has 19 heavy (non-hydrogen) atoms. The molecule has 2 N–H and O–H groups in total. The van der Waals surface area contributed by atoms with Gasteiger partial charge in [-0.15, -0.1) is 0 Å². The van der Waals surface area contributed by atoms with Crippen LogP contribution in [0.1, 0.15) is 24.1 Å². The van der Waals surface area contributed by atoms with Crippen LogP contribution < -0.4 is 5.32 Å². The fraction of sp³-hybridized carbons (Fsp3) is 0.200. The third-order valence-electron chi connectivity index (χ3n) is 2.98. The van der Waals surface area contributed by atoms with E-state index in [0.29, 0.717) is 12.1 Å². The normalized spacial score (nSPS) is 12.4. The van der Waals surface area contributed by atoms with Crippen molar-refractivity contribution in [1.82, 2.24) is 5.32 Å². The van der Waals surface area contributed by atoms with Crippen molar-refractivity contribution in [3.05, 3.63) is 63.9 Å². The smallest absolute Gasteiger partial charge is 0.127 e. The molecule has 0 fully saturated rings. The van der Waals surface area contributed by atoms with Crippen LogP contribution in [0.4, 0.5) is 4.39 Å². The molecule has 2 aromatic rings. The number of rotatable bonds is 4. The second kappa shape index (κ2) is 6.17. The Balaban J connectivity index is 2.04. The molecule has 0 amide bonds. The summed E-state index contributed by atoms with van der Waals surface area (Å²) < 4.78 is 14.4. The van der Waals surface area contributed by atoms with E-state index < -0.39 is 0 Å². The maximum absolute atomic E-state index is 13.6. The maximum Gasteiger partial charge on any atom is 0.127 e. The molecule has 0 radical (unpaired) electrons. The molecule has 0 aromatic heterocycles. The number of nitrogens with one attached hydrogen (secondary N) is 1. The summed E-state index contributed by atoms with van der Waals surface area (Å²) in [5.41, 5.74) is 1.58. The zero-order valence-corrected chi connectivity index (χ0v) is 12.1. The predicted molar refractivity (Wildman–Crippen MR) is 77.5 cm³/mol. The molecule has 1 atom stereocenters. The van der Waals surface area contributed by atoms with Crippen molar-refractivity contribution >= 4 is 15.9 Å². The Bertz CT molecular complexity index is 574. The lowest BCUT2D eigenvalue weighted by Gasteiger charge is -2.15. The fourth-order valence-corrected chi connectivity index (χ4v) is 2.26. The molecule has 2 rings (SSSR count). The van der Waals surface area contributed by atoms with Crippen LogP contribution in [0.2, 0.25) is 0 Å². The molecule has 100 valence electrons. The minimum atomic E-state index is -0.223. The molecule has 4 heteroatoms. The Morgan fingerprint density at radius 3 is 2.79 bits per heavy atom. The third kappa shape index (κ3) is 3.78. The first-order chi connectivity index (χ1) is 9.06. The predicted octanol–water partition coefficient (Wildman–Crippen LogP) is 4.14. The van der Waals surface area contributed by atoms with Crippen molar-refractivity contribution in [1.29, 1.82) is 0 Å². The van der Waals surface area contributed by atoms with E-state index in [1.54, 1.807) is 30.3 Å². The second-order valence-corrected chi connectivity index (χ2v) is 5.35. The average molecular weight is 324 g/mol. The molecule has 0 saturated carbocycles. The highest BCUT2D eigenvalue weighted by atomic mass is 79.9. The Kier molecular flexibility index (Phi) is 4.56. The van der Waals surface area contributed by atoms with Crippen LogP contribution in [-0.4, -0.2) is 5.11 Å². The van der Waals surface area contributed by atoms with Gasteiger partial charge in [0.1, 0.15) is 11.6 Å². The van der Waals surface area contributed by atoms with Crippen molar-refractivity contribution < 1.29 is 9.50 Å². The lowest BCUT2D eigenvalue weighted by molar-refractivity contribution is 0.471. The highest BCUT2D eigenvalue weighted by molar-refractivity contribution is 9.10. The van der Waals surface area contributed by atoms with E-state index in [4.69, 9.17) is 0 Å². The summed E-state index contributed by atoms with van der Waals surface area (Å²) in [4.78, 5) is 0. The zero-order valence-electron chi connectivity index (χ0n) is 10.5. The Hall–Kier alpha value is -1.39. The van der Waals surface area contributed by atoms with Gasteiger partial charge in [-0.1, -0.05) is 28.1 Å². The summed E-state index contributed by atoms with van der Waals surface area (Å²) in [6.07, 6.45) is 0. The van der Waals surface area contributed by atoms with E-state index in [2.05, 4.69) is 21.2 Å². The van der Waals surface area contributed by atoms with Crippen molar-refractivity contribution in [3.8, 4) is 5.75 Å². The van der Waals surface area contributed by atoms with Crippen LogP contribution in [0.3, 0.4) is 0 Å². The summed E-state index contributed by atoms with van der Waals surface area (Å²) >= 11 is 3.33. The average Bonchev–Trinajstić information content (AvgIpc) is 2.39. The van der Waals surface area contributed by atoms with E-state index >= 15 is 0 Å². The summed E-state index contributed by atoms with van der Waals surface area (Å²) in [6, 6.07) is 12.0. The Labute approximate surface area is 120 Å². The maximum atomic E-state index is 13.6. The Morgan fingerprint density at radius 2 is 2.05 bits per heavy atom. The minimum absolute atomic E-state index is 0.0329. The van der Waals surface area contributed by atoms with Gasteiger partial charge in [-0.25, -0.2) is 4.39 Å². The third-order valence-corrected chi connectivity index (χ3v) is 3.47. The minimum Gasteiger partial charge on any atom is -0.508 e. The van der Waals surface area contributed by atoms with E-state index in [9.17, 15) is 9.50 Å². The fourth-order valence-electron chi connectivity index (χ4n) is 1.85. The molecule has 0 bridgehead atoms. The largest absolute Gasteiger partial charge is 0.508 e. The number of hydrogen-bond acceptors (Lipinski definition) is 2. The molecule has 0 aliphatic carbocycles. The number of phenolic OH excluding ortho intramolecular Hbond substituents is 1. The van der Waals surface area contributed by atoms with Gasteiger partial charge in [0.05, 0.1) is 0 Å². The number of hydrogen-bond donors (Lipinski definition) is 2. The van der Waals surface area contributed by atoms with E-state index in [1.165, 1.54) is 6.07 Å². The van der Waals surface area contributed by atoms with E-state index in [-0.39, 0.29) is 17.6 Å². The lowest BCUT2D eigenvalue weighted by Crippen LogP contribution is -2.18. The van der Waals surface area contributed by atoms with Gasteiger partial charge < -0.3 is 10.4 Å². The number of halogens is 2. The summed E-state index contributed by atoms with van der Waals surface area (Å²) in [7, 11) is 0. The quantitative estimate of drug-likeness (QED) is 0.886. The van der Waals surface area contributed by atoms with Gasteiger partial charge in [0.25, 0.3) is 0 Å². The van der Waals surface area contributed by atoms with Gasteiger partial charge in [-0.3, -0.25) is 0 Å². The number of phenols is 1. The van der Waals surface area contributed by atoms with Gasteiger partial charge in [0.2, 0.25) is 0 Å². The van der Waals surface area contributed by atoms with Gasteiger partial charge in [-0.05, 0) is 42.8 Å². The summed E-state index contributed by atoms with van der Waals surface area (Å²) in [6.45, 7) is 2.41. The van der Waals surface area contributed by atoms with Crippen LogP contribution in [0.5, 0.6) is 5.75 Å². The van der Waals surface area contributed by atoms with Crippen molar-refractivity contribution in [2.75, 3.05) is 0 Å². The van der Waals surface area contributed by atoms with Crippen molar-refractivity contribution in [3.63, 3.8) is 0 Å². The van der Waals surface area contributed by atoms with Crippen LogP contribution in [0.25, 0.3) is 0 Å². The van der Waals surface area contributed by atoms with Gasteiger partial charge in [0.15, 0.2) is 0 Å². The Morgan fingerprint density at radius 1 is 1.26 bits per heavy atom. The first kappa shape index (κ1) is 14.0. The highest BCUT2D eigenvalue weighted by Gasteiger charge is 2.08. The second-order valence-electron chi connectivity index (χ2n) is 4.43. The molecule has 2 aromatic carbocycles. The molecule has 0 spiro atoms. The van der Waals surface area contributed by atoms with E-state index in [1.807, 2.05) is 13.0 Å². The topological polar surface area (TPSA) is 32.3 Å². The summed E-state index contributed by atoms with van der Waals surface area (Å²) in [5.74, 6) is 0.0126. The first-order valence-corrected chi connectivity index (χ1v) is 6.82. The lowest BCUT2D eigenvalue weighted by atomic mass is 10.1. The van der Waals surface area contributed by atoms with Gasteiger partial charge >= 0.3 is 0 Å². The molecule has 0 heterocycles. The molecule has 0 aliphatic rings.